The molecule has 0 spiro atoms. The number of aryl methyl sites for hydroxylation is 2. The van der Waals surface area contributed by atoms with Crippen LogP contribution in [0.1, 0.15) is 48.2 Å². The Kier molecular flexibility index (Phi) is 4.10. The molecular weight excluding hydrogens is 234 g/mol. The van der Waals surface area contributed by atoms with Crippen LogP contribution in [-0.2, 0) is 0 Å². The van der Waals surface area contributed by atoms with E-state index < -0.39 is 0 Å². The molecule has 0 aromatic heterocycles. The van der Waals surface area contributed by atoms with Crippen molar-refractivity contribution in [3.05, 3.63) is 34.9 Å². The lowest BCUT2D eigenvalue weighted by molar-refractivity contribution is 0.0809. The number of carbonyl (C=O) groups is 1. The van der Waals surface area contributed by atoms with E-state index in [0.29, 0.717) is 12.0 Å². The third-order valence-electron chi connectivity index (χ3n) is 4.03. The summed E-state index contributed by atoms with van der Waals surface area (Å²) in [7, 11) is 0. The number of hydrogen-bond acceptors (Lipinski definition) is 2. The SMILES string of the molecule is Cc1ccc(C(=O)CN2CCCC(C)(C)C2)c(C)c1. The van der Waals surface area contributed by atoms with Gasteiger partial charge in [0.2, 0.25) is 0 Å². The summed E-state index contributed by atoms with van der Waals surface area (Å²) in [4.78, 5) is 14.7. The number of benzene rings is 1. The van der Waals surface area contributed by atoms with Crippen LogP contribution in [0.2, 0.25) is 0 Å². The Morgan fingerprint density at radius 1 is 1.32 bits per heavy atom. The fourth-order valence-corrected chi connectivity index (χ4v) is 3.09. The van der Waals surface area contributed by atoms with Gasteiger partial charge in [0.05, 0.1) is 6.54 Å². The topological polar surface area (TPSA) is 20.3 Å². The van der Waals surface area contributed by atoms with Gasteiger partial charge in [-0.25, -0.2) is 0 Å². The largest absolute Gasteiger partial charge is 0.295 e. The molecule has 0 saturated carbocycles. The van der Waals surface area contributed by atoms with Gasteiger partial charge in [-0.05, 0) is 44.2 Å². The second kappa shape index (κ2) is 5.46. The van der Waals surface area contributed by atoms with E-state index in [-0.39, 0.29) is 5.78 Å². The lowest BCUT2D eigenvalue weighted by Crippen LogP contribution is -2.42. The second-order valence-corrected chi connectivity index (χ2v) is 6.72. The van der Waals surface area contributed by atoms with Gasteiger partial charge in [-0.1, -0.05) is 37.6 Å². The number of Topliss-reactive ketones (excluding diaryl/α,β-unsaturated/α-hetero) is 1. The van der Waals surface area contributed by atoms with Crippen LogP contribution in [-0.4, -0.2) is 30.3 Å². The molecule has 0 atom stereocenters. The smallest absolute Gasteiger partial charge is 0.177 e. The van der Waals surface area contributed by atoms with Crippen molar-refractivity contribution in [2.45, 2.75) is 40.5 Å². The summed E-state index contributed by atoms with van der Waals surface area (Å²) >= 11 is 0. The molecule has 1 aromatic rings. The highest BCUT2D eigenvalue weighted by Crippen LogP contribution is 2.28. The minimum absolute atomic E-state index is 0.259. The minimum Gasteiger partial charge on any atom is -0.295 e. The molecule has 1 saturated heterocycles. The first-order valence-corrected chi connectivity index (χ1v) is 7.20. The molecule has 0 N–H and O–H groups in total. The fourth-order valence-electron chi connectivity index (χ4n) is 3.09. The van der Waals surface area contributed by atoms with Crippen LogP contribution < -0.4 is 0 Å². The lowest BCUT2D eigenvalue weighted by Gasteiger charge is -2.37. The summed E-state index contributed by atoms with van der Waals surface area (Å²) in [5, 5.41) is 0. The third kappa shape index (κ3) is 3.66. The Hall–Kier alpha value is -1.15. The molecule has 1 fully saturated rings. The van der Waals surface area contributed by atoms with E-state index in [4.69, 9.17) is 0 Å². The number of piperidine rings is 1. The molecule has 0 aliphatic carbocycles. The highest BCUT2D eigenvalue weighted by molar-refractivity contribution is 5.99. The average Bonchev–Trinajstić information content (AvgIpc) is 2.27. The summed E-state index contributed by atoms with van der Waals surface area (Å²) in [6, 6.07) is 6.09. The van der Waals surface area contributed by atoms with E-state index in [9.17, 15) is 4.79 Å². The highest BCUT2D eigenvalue weighted by atomic mass is 16.1. The van der Waals surface area contributed by atoms with Crippen LogP contribution in [0.4, 0.5) is 0 Å². The van der Waals surface area contributed by atoms with E-state index in [1.807, 2.05) is 19.1 Å². The van der Waals surface area contributed by atoms with Gasteiger partial charge in [-0.3, -0.25) is 9.69 Å². The molecule has 1 aliphatic rings. The van der Waals surface area contributed by atoms with Crippen molar-refractivity contribution in [1.82, 2.24) is 4.90 Å². The van der Waals surface area contributed by atoms with Crippen LogP contribution in [0.3, 0.4) is 0 Å². The molecule has 2 nitrogen and oxygen atoms in total. The van der Waals surface area contributed by atoms with Gasteiger partial charge in [-0.15, -0.1) is 0 Å². The molecule has 104 valence electrons. The first-order chi connectivity index (χ1) is 8.87. The zero-order chi connectivity index (χ0) is 14.0. The summed E-state index contributed by atoms with van der Waals surface area (Å²) in [5.74, 6) is 0.259. The van der Waals surface area contributed by atoms with E-state index in [1.54, 1.807) is 0 Å². The number of ketones is 1. The summed E-state index contributed by atoms with van der Waals surface area (Å²) in [6.07, 6.45) is 2.47. The first kappa shape index (κ1) is 14.3. The quantitative estimate of drug-likeness (QED) is 0.773. The van der Waals surface area contributed by atoms with Crippen LogP contribution in [0, 0.1) is 19.3 Å². The maximum atomic E-state index is 12.4. The molecule has 2 heteroatoms. The van der Waals surface area contributed by atoms with Crippen molar-refractivity contribution >= 4 is 5.78 Å². The van der Waals surface area contributed by atoms with Gasteiger partial charge in [0, 0.05) is 12.1 Å². The van der Waals surface area contributed by atoms with Crippen LogP contribution in [0.25, 0.3) is 0 Å². The summed E-state index contributed by atoms with van der Waals surface area (Å²) in [6.45, 7) is 11.3. The van der Waals surface area contributed by atoms with E-state index in [0.717, 1.165) is 24.2 Å². The number of hydrogen-bond donors (Lipinski definition) is 0. The van der Waals surface area contributed by atoms with Gasteiger partial charge in [-0.2, -0.15) is 0 Å². The van der Waals surface area contributed by atoms with Crippen molar-refractivity contribution in [3.63, 3.8) is 0 Å². The zero-order valence-corrected chi connectivity index (χ0v) is 12.6. The van der Waals surface area contributed by atoms with Crippen LogP contribution in [0.5, 0.6) is 0 Å². The molecular formula is C17H25NO. The molecule has 1 aromatic carbocycles. The highest BCUT2D eigenvalue weighted by Gasteiger charge is 2.27. The summed E-state index contributed by atoms with van der Waals surface area (Å²) < 4.78 is 0. The second-order valence-electron chi connectivity index (χ2n) is 6.72. The standard InChI is InChI=1S/C17H25NO/c1-13-6-7-15(14(2)10-13)16(19)11-18-9-5-8-17(3,4)12-18/h6-7,10H,5,8-9,11-12H2,1-4H3. The normalized spacial score (nSPS) is 19.4. The fraction of sp³-hybridized carbons (Fsp3) is 0.588. The van der Waals surface area contributed by atoms with Gasteiger partial charge < -0.3 is 0 Å². The van der Waals surface area contributed by atoms with E-state index in [1.165, 1.54) is 18.4 Å². The zero-order valence-electron chi connectivity index (χ0n) is 12.6. The van der Waals surface area contributed by atoms with Crippen molar-refractivity contribution in [2.24, 2.45) is 5.41 Å². The van der Waals surface area contributed by atoms with Gasteiger partial charge in [0.15, 0.2) is 5.78 Å². The minimum atomic E-state index is 0.259. The lowest BCUT2D eigenvalue weighted by atomic mass is 9.84. The van der Waals surface area contributed by atoms with Crippen molar-refractivity contribution in [1.29, 1.82) is 0 Å². The third-order valence-corrected chi connectivity index (χ3v) is 4.03. The predicted molar refractivity (Wildman–Crippen MR) is 79.7 cm³/mol. The van der Waals surface area contributed by atoms with Crippen molar-refractivity contribution < 1.29 is 4.79 Å². The van der Waals surface area contributed by atoms with E-state index in [2.05, 4.69) is 31.7 Å². The van der Waals surface area contributed by atoms with Crippen molar-refractivity contribution in [2.75, 3.05) is 19.6 Å². The number of rotatable bonds is 3. The maximum Gasteiger partial charge on any atom is 0.177 e. The molecule has 19 heavy (non-hydrogen) atoms. The van der Waals surface area contributed by atoms with Crippen LogP contribution >= 0.6 is 0 Å². The number of likely N-dealkylation sites (tertiary alicyclic amines) is 1. The monoisotopic (exact) mass is 259 g/mol. The first-order valence-electron chi connectivity index (χ1n) is 7.20. The predicted octanol–water partition coefficient (Wildman–Crippen LogP) is 3.61. The Morgan fingerprint density at radius 2 is 2.05 bits per heavy atom. The van der Waals surface area contributed by atoms with Gasteiger partial charge >= 0.3 is 0 Å². The van der Waals surface area contributed by atoms with Gasteiger partial charge in [0.1, 0.15) is 0 Å². The summed E-state index contributed by atoms with van der Waals surface area (Å²) in [5.41, 5.74) is 3.55. The Labute approximate surface area is 116 Å². The molecule has 0 radical (unpaired) electrons. The molecule has 0 amide bonds. The van der Waals surface area contributed by atoms with E-state index >= 15 is 0 Å². The Bertz CT molecular complexity index is 476. The number of nitrogens with zero attached hydrogens (tertiary/aromatic N) is 1. The molecule has 0 bridgehead atoms. The molecule has 0 unspecified atom stereocenters. The average molecular weight is 259 g/mol. The Balaban J connectivity index is 2.04. The Morgan fingerprint density at radius 3 is 2.68 bits per heavy atom. The van der Waals surface area contributed by atoms with Gasteiger partial charge in [0.25, 0.3) is 0 Å². The maximum absolute atomic E-state index is 12.4. The van der Waals surface area contributed by atoms with Crippen molar-refractivity contribution in [3.8, 4) is 0 Å². The number of carbonyl (C=O) groups excluding carboxylic acids is 1. The van der Waals surface area contributed by atoms with Crippen LogP contribution in [0.15, 0.2) is 18.2 Å². The molecule has 1 aliphatic heterocycles. The molecule has 1 heterocycles. The molecule has 2 rings (SSSR count).